The van der Waals surface area contributed by atoms with Gasteiger partial charge in [0.2, 0.25) is 11.8 Å². The zero-order chi connectivity index (χ0) is 13.8. The van der Waals surface area contributed by atoms with Gasteiger partial charge >= 0.3 is 0 Å². The summed E-state index contributed by atoms with van der Waals surface area (Å²) in [6.45, 7) is 2.66. The summed E-state index contributed by atoms with van der Waals surface area (Å²) in [5, 5.41) is 5.34. The molecule has 19 heavy (non-hydrogen) atoms. The average Bonchev–Trinajstić information content (AvgIpc) is 2.38. The minimum Gasteiger partial charge on any atom is -0.373 e. The first-order valence-electron chi connectivity index (χ1n) is 6.35. The van der Waals surface area contributed by atoms with Gasteiger partial charge in [0, 0.05) is 13.6 Å². The van der Waals surface area contributed by atoms with E-state index < -0.39 is 0 Å². The Bertz CT molecular complexity index is 489. The number of imide groups is 1. The fourth-order valence-corrected chi connectivity index (χ4v) is 2.25. The highest BCUT2D eigenvalue weighted by Gasteiger charge is 2.32. The Balaban J connectivity index is 2.14. The summed E-state index contributed by atoms with van der Waals surface area (Å²) in [5.74, 6) is 0.307. The van der Waals surface area contributed by atoms with Crippen LogP contribution in [0.3, 0.4) is 0 Å². The maximum atomic E-state index is 11.8. The van der Waals surface area contributed by atoms with Crippen molar-refractivity contribution < 1.29 is 9.59 Å². The van der Waals surface area contributed by atoms with Crippen molar-refractivity contribution in [2.75, 3.05) is 18.9 Å². The van der Waals surface area contributed by atoms with Crippen LogP contribution in [-0.2, 0) is 16.1 Å². The van der Waals surface area contributed by atoms with Crippen LogP contribution in [0.1, 0.15) is 19.0 Å². The van der Waals surface area contributed by atoms with E-state index in [1.165, 1.54) is 0 Å². The molecule has 2 N–H and O–H groups in total. The van der Waals surface area contributed by atoms with Gasteiger partial charge in [-0.25, -0.2) is 4.98 Å². The van der Waals surface area contributed by atoms with Crippen molar-refractivity contribution in [3.63, 3.8) is 0 Å². The summed E-state index contributed by atoms with van der Waals surface area (Å²) in [6.07, 6.45) is 0.671. The molecule has 1 saturated heterocycles. The smallest absolute Gasteiger partial charge is 0.243 e. The van der Waals surface area contributed by atoms with E-state index in [9.17, 15) is 9.59 Å². The van der Waals surface area contributed by atoms with Crippen molar-refractivity contribution in [2.24, 2.45) is 0 Å². The molecular weight excluding hydrogens is 244 g/mol. The molecule has 0 aliphatic carbocycles. The number of nitrogens with zero attached hydrogens (tertiary/aromatic N) is 2. The molecule has 1 aromatic rings. The second-order valence-electron chi connectivity index (χ2n) is 4.51. The normalized spacial score (nSPS) is 20.2. The van der Waals surface area contributed by atoms with E-state index in [1.54, 1.807) is 7.05 Å². The molecule has 0 aromatic carbocycles. The first kappa shape index (κ1) is 13.5. The molecule has 1 aliphatic heterocycles. The molecule has 0 radical (unpaired) electrons. The molecule has 1 fully saturated rings. The molecule has 2 amide bonds. The van der Waals surface area contributed by atoms with Crippen molar-refractivity contribution in [1.82, 2.24) is 15.2 Å². The van der Waals surface area contributed by atoms with Crippen LogP contribution in [0.25, 0.3) is 0 Å². The third-order valence-corrected chi connectivity index (χ3v) is 3.17. The van der Waals surface area contributed by atoms with Gasteiger partial charge in [0.25, 0.3) is 0 Å². The summed E-state index contributed by atoms with van der Waals surface area (Å²) in [6, 6.07) is 5.40. The highest BCUT2D eigenvalue weighted by molar-refractivity contribution is 6.01. The number of carbonyl (C=O) groups is 2. The summed E-state index contributed by atoms with van der Waals surface area (Å²) in [4.78, 5) is 29.5. The van der Waals surface area contributed by atoms with Crippen LogP contribution in [0.4, 0.5) is 5.82 Å². The van der Waals surface area contributed by atoms with Crippen LogP contribution in [0, 0.1) is 0 Å². The lowest BCUT2D eigenvalue weighted by atomic mass is 10.1. The van der Waals surface area contributed by atoms with Crippen LogP contribution in [0.15, 0.2) is 18.2 Å². The maximum absolute atomic E-state index is 11.8. The lowest BCUT2D eigenvalue weighted by Crippen LogP contribution is -2.57. The Kier molecular flexibility index (Phi) is 4.11. The van der Waals surface area contributed by atoms with Crippen molar-refractivity contribution >= 4 is 17.6 Å². The summed E-state index contributed by atoms with van der Waals surface area (Å²) >= 11 is 0. The third-order valence-electron chi connectivity index (χ3n) is 3.17. The van der Waals surface area contributed by atoms with Gasteiger partial charge in [-0.3, -0.25) is 19.8 Å². The Morgan fingerprint density at radius 2 is 2.26 bits per heavy atom. The van der Waals surface area contributed by atoms with E-state index in [-0.39, 0.29) is 24.4 Å². The lowest BCUT2D eigenvalue weighted by molar-refractivity contribution is -0.140. The number of hydrogen-bond donors (Lipinski definition) is 2. The summed E-state index contributed by atoms with van der Waals surface area (Å²) in [7, 11) is 1.80. The zero-order valence-electron chi connectivity index (χ0n) is 11.1. The number of carbonyl (C=O) groups excluding carboxylic acids is 2. The number of aromatic nitrogens is 1. The predicted octanol–water partition coefficient (Wildman–Crippen LogP) is 0.360. The Hall–Kier alpha value is -1.95. The molecule has 0 spiro atoms. The van der Waals surface area contributed by atoms with Crippen molar-refractivity contribution in [1.29, 1.82) is 0 Å². The standard InChI is InChI=1S/C13H18N4O2/c1-3-10-13(19)16-12(18)8-17(10)7-9-5-4-6-11(14-2)15-9/h4-6,10H,3,7-8H2,1-2H3,(H,14,15)(H,16,18,19). The van der Waals surface area contributed by atoms with E-state index in [4.69, 9.17) is 0 Å². The van der Waals surface area contributed by atoms with Gasteiger partial charge in [0.15, 0.2) is 0 Å². The Morgan fingerprint density at radius 3 is 2.95 bits per heavy atom. The SMILES string of the molecule is CCC1C(=O)NC(=O)CN1Cc1cccc(NC)n1. The number of hydrogen-bond acceptors (Lipinski definition) is 5. The van der Waals surface area contributed by atoms with Crippen LogP contribution in [0.5, 0.6) is 0 Å². The van der Waals surface area contributed by atoms with Crippen LogP contribution < -0.4 is 10.6 Å². The van der Waals surface area contributed by atoms with Crippen LogP contribution in [0.2, 0.25) is 0 Å². The third kappa shape index (κ3) is 3.08. The minimum absolute atomic E-state index is 0.219. The molecule has 1 aromatic heterocycles. The van der Waals surface area contributed by atoms with E-state index in [0.717, 1.165) is 11.5 Å². The second kappa shape index (κ2) is 5.79. The van der Waals surface area contributed by atoms with E-state index in [1.807, 2.05) is 30.0 Å². The lowest BCUT2D eigenvalue weighted by Gasteiger charge is -2.32. The van der Waals surface area contributed by atoms with Crippen LogP contribution in [-0.4, -0.2) is 41.3 Å². The van der Waals surface area contributed by atoms with Gasteiger partial charge in [-0.15, -0.1) is 0 Å². The molecule has 0 bridgehead atoms. The van der Waals surface area contributed by atoms with Crippen molar-refractivity contribution in [2.45, 2.75) is 25.9 Å². The van der Waals surface area contributed by atoms with E-state index >= 15 is 0 Å². The molecule has 2 rings (SSSR count). The first-order valence-corrected chi connectivity index (χ1v) is 6.35. The van der Waals surface area contributed by atoms with Crippen molar-refractivity contribution in [3.8, 4) is 0 Å². The highest BCUT2D eigenvalue weighted by Crippen LogP contribution is 2.14. The predicted molar refractivity (Wildman–Crippen MR) is 71.4 cm³/mol. The molecule has 6 nitrogen and oxygen atoms in total. The van der Waals surface area contributed by atoms with E-state index in [2.05, 4.69) is 15.6 Å². The quantitative estimate of drug-likeness (QED) is 0.766. The molecular formula is C13H18N4O2. The molecule has 2 heterocycles. The number of nitrogens with one attached hydrogen (secondary N) is 2. The second-order valence-corrected chi connectivity index (χ2v) is 4.51. The summed E-state index contributed by atoms with van der Waals surface area (Å²) in [5.41, 5.74) is 0.841. The fourth-order valence-electron chi connectivity index (χ4n) is 2.25. The molecule has 0 saturated carbocycles. The Morgan fingerprint density at radius 1 is 1.47 bits per heavy atom. The van der Waals surface area contributed by atoms with Crippen LogP contribution >= 0.6 is 0 Å². The summed E-state index contributed by atoms with van der Waals surface area (Å²) < 4.78 is 0. The molecule has 1 atom stereocenters. The molecule has 102 valence electrons. The van der Waals surface area contributed by atoms with Gasteiger partial charge in [-0.05, 0) is 18.6 Å². The number of rotatable bonds is 4. The highest BCUT2D eigenvalue weighted by atomic mass is 16.2. The average molecular weight is 262 g/mol. The van der Waals surface area contributed by atoms with Gasteiger partial charge in [0.1, 0.15) is 5.82 Å². The molecule has 1 aliphatic rings. The van der Waals surface area contributed by atoms with E-state index in [0.29, 0.717) is 13.0 Å². The maximum Gasteiger partial charge on any atom is 0.243 e. The monoisotopic (exact) mass is 262 g/mol. The number of anilines is 1. The van der Waals surface area contributed by atoms with Gasteiger partial charge < -0.3 is 5.32 Å². The Labute approximate surface area is 112 Å². The number of piperazine rings is 1. The topological polar surface area (TPSA) is 74.3 Å². The minimum atomic E-state index is -0.266. The largest absolute Gasteiger partial charge is 0.373 e. The van der Waals surface area contributed by atoms with Crippen molar-refractivity contribution in [3.05, 3.63) is 23.9 Å². The van der Waals surface area contributed by atoms with Gasteiger partial charge in [0.05, 0.1) is 18.3 Å². The molecule has 1 unspecified atom stereocenters. The van der Waals surface area contributed by atoms with Gasteiger partial charge in [-0.1, -0.05) is 13.0 Å². The molecule has 6 heteroatoms. The number of amides is 2. The number of pyridine rings is 1. The fraction of sp³-hybridized carbons (Fsp3) is 0.462. The van der Waals surface area contributed by atoms with Gasteiger partial charge in [-0.2, -0.15) is 0 Å². The zero-order valence-corrected chi connectivity index (χ0v) is 11.1. The first-order chi connectivity index (χ1) is 9.13.